The monoisotopic (exact) mass is 487 g/mol. The van der Waals surface area contributed by atoms with E-state index in [1.54, 1.807) is 37.2 Å². The second-order valence-electron chi connectivity index (χ2n) is 9.86. The van der Waals surface area contributed by atoms with E-state index < -0.39 is 35.1 Å². The lowest BCUT2D eigenvalue weighted by Gasteiger charge is -2.30. The number of amides is 1. The van der Waals surface area contributed by atoms with E-state index in [9.17, 15) is 19.2 Å². The van der Waals surface area contributed by atoms with E-state index in [-0.39, 0.29) is 40.4 Å². The Morgan fingerprint density at radius 3 is 2.57 bits per heavy atom. The predicted molar refractivity (Wildman–Crippen MR) is 128 cm³/mol. The standard InChI is InChI=1S/C25H30FN3O6/c1-5-34-23(32)16-12-29(14-8-9-14)20-15(22(16)31)11-18(26)21(17(20)13-30)28-10-6-7-19(28)27-24(33)35-25(2,3)4/h11-14,19H,5-10H2,1-4H3,(H,27,33)/t19-/m0/s1. The lowest BCUT2D eigenvalue weighted by Crippen LogP contribution is -2.47. The van der Waals surface area contributed by atoms with E-state index >= 15 is 4.39 Å². The first-order valence-electron chi connectivity index (χ1n) is 11.9. The van der Waals surface area contributed by atoms with Gasteiger partial charge in [-0.25, -0.2) is 14.0 Å². The molecule has 1 saturated carbocycles. The number of fused-ring (bicyclic) bond motifs is 1. The smallest absolute Gasteiger partial charge is 0.409 e. The average molecular weight is 488 g/mol. The molecule has 35 heavy (non-hydrogen) atoms. The maximum atomic E-state index is 15.6. The molecule has 0 unspecified atom stereocenters. The van der Waals surface area contributed by atoms with Gasteiger partial charge in [0, 0.05) is 18.8 Å². The summed E-state index contributed by atoms with van der Waals surface area (Å²) in [5.74, 6) is -1.56. The van der Waals surface area contributed by atoms with Crippen LogP contribution in [0, 0.1) is 5.82 Å². The third-order valence-corrected chi connectivity index (χ3v) is 6.06. The predicted octanol–water partition coefficient (Wildman–Crippen LogP) is 3.92. The van der Waals surface area contributed by atoms with E-state index in [0.29, 0.717) is 25.7 Å². The lowest BCUT2D eigenvalue weighted by molar-refractivity contribution is 0.0501. The fourth-order valence-electron chi connectivity index (χ4n) is 4.53. The minimum atomic E-state index is -0.785. The molecule has 10 heteroatoms. The van der Waals surface area contributed by atoms with E-state index in [1.807, 2.05) is 0 Å². The zero-order valence-electron chi connectivity index (χ0n) is 20.4. The number of hydrogen-bond donors (Lipinski definition) is 1. The average Bonchev–Trinajstić information content (AvgIpc) is 3.52. The lowest BCUT2D eigenvalue weighted by atomic mass is 10.0. The van der Waals surface area contributed by atoms with Gasteiger partial charge in [0.05, 0.1) is 28.8 Å². The van der Waals surface area contributed by atoms with Crippen LogP contribution in [0.3, 0.4) is 0 Å². The number of halogens is 1. The van der Waals surface area contributed by atoms with Gasteiger partial charge in [-0.05, 0) is 59.4 Å². The van der Waals surface area contributed by atoms with Crippen molar-refractivity contribution in [2.45, 2.75) is 71.2 Å². The first kappa shape index (κ1) is 24.7. The van der Waals surface area contributed by atoms with Crippen LogP contribution in [0.1, 0.15) is 80.1 Å². The molecular formula is C25H30FN3O6. The number of alkyl carbamates (subject to hydrolysis) is 1. The molecular weight excluding hydrogens is 457 g/mol. The van der Waals surface area contributed by atoms with Crippen molar-refractivity contribution in [3.63, 3.8) is 0 Å². The van der Waals surface area contributed by atoms with Crippen LogP contribution in [0.25, 0.3) is 10.9 Å². The van der Waals surface area contributed by atoms with Gasteiger partial charge in [-0.15, -0.1) is 0 Å². The number of anilines is 1. The third-order valence-electron chi connectivity index (χ3n) is 6.06. The molecule has 2 aromatic rings. The summed E-state index contributed by atoms with van der Waals surface area (Å²) in [7, 11) is 0. The Bertz CT molecular complexity index is 1240. The minimum Gasteiger partial charge on any atom is -0.462 e. The maximum Gasteiger partial charge on any atom is 0.409 e. The molecule has 4 rings (SSSR count). The number of nitrogens with zero attached hydrogens (tertiary/aromatic N) is 2. The molecule has 1 amide bonds. The van der Waals surface area contributed by atoms with Crippen LogP contribution in [0.2, 0.25) is 0 Å². The van der Waals surface area contributed by atoms with E-state index in [4.69, 9.17) is 9.47 Å². The Morgan fingerprint density at radius 2 is 1.97 bits per heavy atom. The van der Waals surface area contributed by atoms with Gasteiger partial charge in [-0.3, -0.25) is 9.59 Å². The summed E-state index contributed by atoms with van der Waals surface area (Å²) < 4.78 is 27.7. The van der Waals surface area contributed by atoms with Gasteiger partial charge in [0.1, 0.15) is 23.1 Å². The number of benzene rings is 1. The van der Waals surface area contributed by atoms with E-state index in [1.165, 1.54) is 6.20 Å². The summed E-state index contributed by atoms with van der Waals surface area (Å²) in [4.78, 5) is 51.9. The molecule has 1 aromatic carbocycles. The summed E-state index contributed by atoms with van der Waals surface area (Å²) >= 11 is 0. The molecule has 2 fully saturated rings. The van der Waals surface area contributed by atoms with E-state index in [2.05, 4.69) is 5.32 Å². The van der Waals surface area contributed by atoms with Crippen molar-refractivity contribution in [2.75, 3.05) is 18.1 Å². The Balaban J connectivity index is 1.85. The molecule has 1 aliphatic carbocycles. The number of carbonyl (C=O) groups excluding carboxylic acids is 3. The van der Waals surface area contributed by atoms with Gasteiger partial charge >= 0.3 is 12.1 Å². The maximum absolute atomic E-state index is 15.6. The molecule has 1 atom stereocenters. The van der Waals surface area contributed by atoms with Crippen LogP contribution in [0.4, 0.5) is 14.9 Å². The molecule has 188 valence electrons. The van der Waals surface area contributed by atoms with Gasteiger partial charge in [-0.1, -0.05) is 0 Å². The number of pyridine rings is 1. The number of hydrogen-bond acceptors (Lipinski definition) is 7. The molecule has 0 radical (unpaired) electrons. The van der Waals surface area contributed by atoms with Crippen molar-refractivity contribution < 1.29 is 28.2 Å². The number of esters is 1. The largest absolute Gasteiger partial charge is 0.462 e. The quantitative estimate of drug-likeness (QED) is 0.486. The van der Waals surface area contributed by atoms with Crippen LogP contribution in [-0.4, -0.2) is 47.8 Å². The summed E-state index contributed by atoms with van der Waals surface area (Å²) in [6.07, 6.45) is 3.52. The molecule has 1 N–H and O–H groups in total. The fourth-order valence-corrected chi connectivity index (χ4v) is 4.53. The van der Waals surface area contributed by atoms with Crippen LogP contribution in [0.5, 0.6) is 0 Å². The van der Waals surface area contributed by atoms with Crippen molar-refractivity contribution in [1.82, 2.24) is 9.88 Å². The van der Waals surface area contributed by atoms with Crippen LogP contribution >= 0.6 is 0 Å². The Morgan fingerprint density at radius 1 is 1.26 bits per heavy atom. The van der Waals surface area contributed by atoms with Crippen molar-refractivity contribution in [3.05, 3.63) is 39.4 Å². The third kappa shape index (κ3) is 4.87. The van der Waals surface area contributed by atoms with E-state index in [0.717, 1.165) is 18.9 Å². The highest BCUT2D eigenvalue weighted by molar-refractivity contribution is 6.04. The Kier molecular flexibility index (Phi) is 6.57. The molecule has 1 aromatic heterocycles. The molecule has 9 nitrogen and oxygen atoms in total. The molecule has 0 spiro atoms. The highest BCUT2D eigenvalue weighted by Crippen LogP contribution is 2.40. The number of nitrogens with one attached hydrogen (secondary N) is 1. The van der Waals surface area contributed by atoms with Gasteiger partial charge in [0.2, 0.25) is 5.43 Å². The normalized spacial score (nSPS) is 18.0. The summed E-state index contributed by atoms with van der Waals surface area (Å²) in [5.41, 5.74) is -1.28. The number of carbonyl (C=O) groups is 3. The summed E-state index contributed by atoms with van der Waals surface area (Å²) in [6, 6.07) is 1.06. The number of ether oxygens (including phenoxy) is 2. The van der Waals surface area contributed by atoms with Gasteiger partial charge in [0.25, 0.3) is 0 Å². The second-order valence-corrected chi connectivity index (χ2v) is 9.86. The zero-order chi connectivity index (χ0) is 25.5. The second kappa shape index (κ2) is 9.31. The topological polar surface area (TPSA) is 107 Å². The Labute approximate surface area is 202 Å². The van der Waals surface area contributed by atoms with Gasteiger partial charge in [-0.2, -0.15) is 0 Å². The van der Waals surface area contributed by atoms with Crippen LogP contribution in [0.15, 0.2) is 17.1 Å². The molecule has 0 bridgehead atoms. The minimum absolute atomic E-state index is 0.0114. The fraction of sp³-hybridized carbons (Fsp3) is 0.520. The first-order chi connectivity index (χ1) is 16.6. The molecule has 1 aliphatic heterocycles. The Hall–Kier alpha value is -3.43. The highest BCUT2D eigenvalue weighted by atomic mass is 19.1. The van der Waals surface area contributed by atoms with Crippen LogP contribution < -0.4 is 15.6 Å². The van der Waals surface area contributed by atoms with Gasteiger partial charge in [0.15, 0.2) is 6.29 Å². The number of aldehydes is 1. The highest BCUT2D eigenvalue weighted by Gasteiger charge is 2.35. The number of rotatable bonds is 6. The van der Waals surface area contributed by atoms with Crippen molar-refractivity contribution in [2.24, 2.45) is 0 Å². The molecule has 2 heterocycles. The SMILES string of the molecule is CCOC(=O)c1cn(C2CC2)c2c(C=O)c(N3CCC[C@H]3NC(=O)OC(C)(C)C)c(F)cc2c1=O. The molecule has 2 aliphatic rings. The van der Waals surface area contributed by atoms with Crippen LogP contribution in [-0.2, 0) is 9.47 Å². The number of aromatic nitrogens is 1. The summed E-state index contributed by atoms with van der Waals surface area (Å²) in [6.45, 7) is 7.36. The zero-order valence-corrected chi connectivity index (χ0v) is 20.4. The summed E-state index contributed by atoms with van der Waals surface area (Å²) in [5, 5.41) is 2.71. The van der Waals surface area contributed by atoms with Crippen molar-refractivity contribution in [3.8, 4) is 0 Å². The first-order valence-corrected chi connectivity index (χ1v) is 11.9. The van der Waals surface area contributed by atoms with Crippen molar-refractivity contribution in [1.29, 1.82) is 0 Å². The van der Waals surface area contributed by atoms with Gasteiger partial charge < -0.3 is 24.3 Å². The van der Waals surface area contributed by atoms with Crippen molar-refractivity contribution >= 4 is 34.9 Å². The molecule has 1 saturated heterocycles.